The fourth-order valence-corrected chi connectivity index (χ4v) is 3.07. The summed E-state index contributed by atoms with van der Waals surface area (Å²) in [5.41, 5.74) is -0.567. The average molecular weight is 356 g/mol. The first kappa shape index (κ1) is 19.3. The van der Waals surface area contributed by atoms with Crippen LogP contribution in [0.3, 0.4) is 0 Å². The van der Waals surface area contributed by atoms with Crippen molar-refractivity contribution in [2.24, 2.45) is 5.92 Å². The van der Waals surface area contributed by atoms with Gasteiger partial charge in [0, 0.05) is 19.5 Å². The van der Waals surface area contributed by atoms with Crippen LogP contribution in [0.4, 0.5) is 13.2 Å². The third-order valence-electron chi connectivity index (χ3n) is 4.52. The van der Waals surface area contributed by atoms with Crippen LogP contribution >= 0.6 is 0 Å². The van der Waals surface area contributed by atoms with E-state index in [1.165, 1.54) is 32.1 Å². The Morgan fingerprint density at radius 2 is 1.64 bits per heavy atom. The molecule has 2 amide bonds. The van der Waals surface area contributed by atoms with E-state index in [-0.39, 0.29) is 19.0 Å². The summed E-state index contributed by atoms with van der Waals surface area (Å²) in [7, 11) is 0. The van der Waals surface area contributed by atoms with Gasteiger partial charge in [-0.1, -0.05) is 32.1 Å². The summed E-state index contributed by atoms with van der Waals surface area (Å²) in [5.74, 6) is -4.86. The van der Waals surface area contributed by atoms with Crippen molar-refractivity contribution < 1.29 is 22.8 Å². The second-order valence-electron chi connectivity index (χ2n) is 6.37. The minimum Gasteiger partial charge on any atom is -0.354 e. The molecule has 0 aromatic heterocycles. The summed E-state index contributed by atoms with van der Waals surface area (Å²) in [6.45, 7) is 0.271. The minimum atomic E-state index is -1.68. The summed E-state index contributed by atoms with van der Waals surface area (Å²) >= 11 is 0. The number of carbonyl (C=O) groups is 2. The van der Waals surface area contributed by atoms with Crippen LogP contribution in [-0.4, -0.2) is 24.9 Å². The second-order valence-corrected chi connectivity index (χ2v) is 6.37. The van der Waals surface area contributed by atoms with Crippen LogP contribution in [0, 0.1) is 23.4 Å². The van der Waals surface area contributed by atoms with Gasteiger partial charge in [-0.15, -0.1) is 0 Å². The quantitative estimate of drug-likeness (QED) is 0.582. The Labute approximate surface area is 145 Å². The van der Waals surface area contributed by atoms with E-state index in [2.05, 4.69) is 10.6 Å². The van der Waals surface area contributed by atoms with Gasteiger partial charge in [0.2, 0.25) is 5.91 Å². The molecule has 0 unspecified atom stereocenters. The molecule has 1 aromatic rings. The number of amides is 2. The number of benzene rings is 1. The Balaban J connectivity index is 1.66. The largest absolute Gasteiger partial charge is 0.354 e. The van der Waals surface area contributed by atoms with Crippen molar-refractivity contribution >= 4 is 11.8 Å². The zero-order valence-corrected chi connectivity index (χ0v) is 14.0. The topological polar surface area (TPSA) is 58.2 Å². The van der Waals surface area contributed by atoms with Gasteiger partial charge in [-0.3, -0.25) is 9.59 Å². The van der Waals surface area contributed by atoms with Crippen LogP contribution in [0.2, 0.25) is 0 Å². The summed E-state index contributed by atoms with van der Waals surface area (Å²) in [4.78, 5) is 23.5. The summed E-state index contributed by atoms with van der Waals surface area (Å²) in [6, 6.07) is 1.58. The van der Waals surface area contributed by atoms with Gasteiger partial charge in [0.05, 0.1) is 5.56 Å². The van der Waals surface area contributed by atoms with E-state index in [0.29, 0.717) is 18.4 Å². The maximum absolute atomic E-state index is 13.5. The van der Waals surface area contributed by atoms with Crippen LogP contribution in [0.15, 0.2) is 12.1 Å². The Hall–Kier alpha value is -2.05. The zero-order chi connectivity index (χ0) is 18.2. The smallest absolute Gasteiger partial charge is 0.254 e. The molecule has 1 aliphatic rings. The lowest BCUT2D eigenvalue weighted by atomic mass is 9.86. The van der Waals surface area contributed by atoms with Crippen LogP contribution in [0.1, 0.15) is 55.3 Å². The lowest BCUT2D eigenvalue weighted by molar-refractivity contribution is -0.121. The Morgan fingerprint density at radius 3 is 2.36 bits per heavy atom. The zero-order valence-electron chi connectivity index (χ0n) is 14.0. The fraction of sp³-hybridized carbons (Fsp3) is 0.556. The summed E-state index contributed by atoms with van der Waals surface area (Å²) in [5, 5.41) is 5.05. The molecule has 1 aromatic carbocycles. The van der Waals surface area contributed by atoms with Gasteiger partial charge >= 0.3 is 0 Å². The molecule has 0 radical (unpaired) electrons. The second kappa shape index (κ2) is 9.44. The van der Waals surface area contributed by atoms with Crippen molar-refractivity contribution in [1.82, 2.24) is 10.6 Å². The standard InChI is InChI=1S/C18H23F3N2O2/c19-14-8-7-13(16(20)17(14)21)18(25)23-11-10-22-15(24)9-6-12-4-2-1-3-5-12/h7-8,12H,1-6,9-11H2,(H,22,24)(H,23,25). The molecule has 7 heteroatoms. The van der Waals surface area contributed by atoms with Gasteiger partial charge in [-0.25, -0.2) is 13.2 Å². The number of hydrogen-bond donors (Lipinski definition) is 2. The number of hydrogen-bond acceptors (Lipinski definition) is 2. The van der Waals surface area contributed by atoms with Crippen LogP contribution in [0.25, 0.3) is 0 Å². The van der Waals surface area contributed by atoms with Crippen molar-refractivity contribution in [3.05, 3.63) is 35.1 Å². The molecule has 0 heterocycles. The van der Waals surface area contributed by atoms with Crippen LogP contribution in [0.5, 0.6) is 0 Å². The highest BCUT2D eigenvalue weighted by atomic mass is 19.2. The van der Waals surface area contributed by atoms with Crippen molar-refractivity contribution in [3.8, 4) is 0 Å². The lowest BCUT2D eigenvalue weighted by Gasteiger charge is -2.20. The predicted molar refractivity (Wildman–Crippen MR) is 87.5 cm³/mol. The summed E-state index contributed by atoms with van der Waals surface area (Å²) < 4.78 is 39.4. The first-order valence-corrected chi connectivity index (χ1v) is 8.67. The van der Waals surface area contributed by atoms with Gasteiger partial charge in [0.15, 0.2) is 17.5 Å². The third kappa shape index (κ3) is 5.76. The third-order valence-corrected chi connectivity index (χ3v) is 4.52. The van der Waals surface area contributed by atoms with E-state index in [4.69, 9.17) is 0 Å². The highest BCUT2D eigenvalue weighted by Crippen LogP contribution is 2.27. The molecule has 4 nitrogen and oxygen atoms in total. The average Bonchev–Trinajstić information content (AvgIpc) is 2.62. The molecule has 0 spiro atoms. The van der Waals surface area contributed by atoms with E-state index >= 15 is 0 Å². The van der Waals surface area contributed by atoms with Crippen molar-refractivity contribution in [1.29, 1.82) is 0 Å². The monoisotopic (exact) mass is 356 g/mol. The normalized spacial score (nSPS) is 15.0. The van der Waals surface area contributed by atoms with Gasteiger partial charge in [-0.05, 0) is 24.5 Å². The van der Waals surface area contributed by atoms with Gasteiger partial charge < -0.3 is 10.6 Å². The van der Waals surface area contributed by atoms with E-state index in [9.17, 15) is 22.8 Å². The molecule has 2 N–H and O–H groups in total. The van der Waals surface area contributed by atoms with Crippen molar-refractivity contribution in [3.63, 3.8) is 0 Å². The SMILES string of the molecule is O=C(CCC1CCCCC1)NCCNC(=O)c1ccc(F)c(F)c1F. The molecular weight excluding hydrogens is 333 g/mol. The molecular formula is C18H23F3N2O2. The molecule has 25 heavy (non-hydrogen) atoms. The van der Waals surface area contributed by atoms with Crippen molar-refractivity contribution in [2.45, 2.75) is 44.9 Å². The van der Waals surface area contributed by atoms with Gasteiger partial charge in [0.1, 0.15) is 0 Å². The lowest BCUT2D eigenvalue weighted by Crippen LogP contribution is -2.35. The molecule has 0 bridgehead atoms. The maximum atomic E-state index is 13.5. The maximum Gasteiger partial charge on any atom is 0.254 e. The van der Waals surface area contributed by atoms with Gasteiger partial charge in [0.25, 0.3) is 5.91 Å². The fourth-order valence-electron chi connectivity index (χ4n) is 3.07. The first-order valence-electron chi connectivity index (χ1n) is 8.67. The molecule has 0 aliphatic heterocycles. The van der Waals surface area contributed by atoms with Crippen molar-refractivity contribution in [2.75, 3.05) is 13.1 Å². The number of nitrogens with one attached hydrogen (secondary N) is 2. The van der Waals surface area contributed by atoms with E-state index in [1.54, 1.807) is 0 Å². The number of halogens is 3. The van der Waals surface area contributed by atoms with E-state index in [1.807, 2.05) is 0 Å². The molecule has 1 saturated carbocycles. The minimum absolute atomic E-state index is 0.0758. The summed E-state index contributed by atoms with van der Waals surface area (Å²) in [6.07, 6.45) is 7.44. The Morgan fingerprint density at radius 1 is 0.960 bits per heavy atom. The van der Waals surface area contributed by atoms with E-state index < -0.39 is 28.9 Å². The molecule has 138 valence electrons. The highest BCUT2D eigenvalue weighted by molar-refractivity contribution is 5.94. The molecule has 0 saturated heterocycles. The Kier molecular flexibility index (Phi) is 7.28. The molecule has 2 rings (SSSR count). The van der Waals surface area contributed by atoms with Crippen LogP contribution in [-0.2, 0) is 4.79 Å². The number of rotatable bonds is 7. The van der Waals surface area contributed by atoms with E-state index in [0.717, 1.165) is 12.5 Å². The molecule has 1 aliphatic carbocycles. The Bertz CT molecular complexity index is 617. The highest BCUT2D eigenvalue weighted by Gasteiger charge is 2.18. The predicted octanol–water partition coefficient (Wildman–Crippen LogP) is 3.31. The molecule has 1 fully saturated rings. The van der Waals surface area contributed by atoms with Crippen LogP contribution < -0.4 is 10.6 Å². The van der Waals surface area contributed by atoms with Gasteiger partial charge in [-0.2, -0.15) is 0 Å². The number of carbonyl (C=O) groups excluding carboxylic acids is 2. The molecule has 0 atom stereocenters. The first-order chi connectivity index (χ1) is 12.0.